The number of rotatable bonds is 6. The zero-order valence-electron chi connectivity index (χ0n) is 19.1. The topological polar surface area (TPSA) is 91.0 Å². The number of urea groups is 1. The van der Waals surface area contributed by atoms with E-state index in [4.69, 9.17) is 16.3 Å². The maximum atomic E-state index is 13.1. The smallest absolute Gasteiger partial charge is 0.322 e. The van der Waals surface area contributed by atoms with Crippen LogP contribution in [0.5, 0.6) is 0 Å². The molecular weight excluding hydrogens is 456 g/mol. The van der Waals surface area contributed by atoms with E-state index < -0.39 is 6.04 Å². The van der Waals surface area contributed by atoms with Crippen LogP contribution in [0.2, 0.25) is 5.02 Å². The number of halogens is 1. The second kappa shape index (κ2) is 10.9. The van der Waals surface area contributed by atoms with Crippen molar-refractivity contribution in [2.75, 3.05) is 35.2 Å². The Balaban J connectivity index is 1.43. The minimum atomic E-state index is -0.674. The van der Waals surface area contributed by atoms with Crippen molar-refractivity contribution < 1.29 is 19.1 Å². The Morgan fingerprint density at radius 2 is 1.71 bits per heavy atom. The van der Waals surface area contributed by atoms with Crippen LogP contribution < -0.4 is 15.5 Å². The second-order valence-corrected chi connectivity index (χ2v) is 8.89. The minimum Gasteiger partial charge on any atom is -0.377 e. The van der Waals surface area contributed by atoms with Crippen LogP contribution in [0.3, 0.4) is 0 Å². The van der Waals surface area contributed by atoms with E-state index in [9.17, 15) is 14.4 Å². The summed E-state index contributed by atoms with van der Waals surface area (Å²) in [5, 5.41) is 6.31. The van der Waals surface area contributed by atoms with E-state index in [1.54, 1.807) is 41.3 Å². The molecule has 2 N–H and O–H groups in total. The SMILES string of the molecule is CCO[C@H]1C[C@@H](C(=O)Nc2ccc(N3CCCCC3=O)cc2)N(C(=O)Nc2ccc(Cl)cc2)C1. The Bertz CT molecular complexity index is 1030. The molecule has 0 spiro atoms. The molecule has 0 radical (unpaired) electrons. The van der Waals surface area contributed by atoms with Crippen LogP contribution in [0.1, 0.15) is 32.6 Å². The van der Waals surface area contributed by atoms with Gasteiger partial charge in [0, 0.05) is 54.6 Å². The molecule has 4 rings (SSSR count). The third-order valence-corrected chi connectivity index (χ3v) is 6.35. The number of hydrogen-bond acceptors (Lipinski definition) is 4. The monoisotopic (exact) mass is 484 g/mol. The molecule has 2 fully saturated rings. The summed E-state index contributed by atoms with van der Waals surface area (Å²) in [7, 11) is 0. The van der Waals surface area contributed by atoms with E-state index in [0.717, 1.165) is 18.5 Å². The molecule has 4 amide bonds. The van der Waals surface area contributed by atoms with Gasteiger partial charge in [-0.05, 0) is 68.3 Å². The molecule has 2 aliphatic rings. The first kappa shape index (κ1) is 24.0. The number of hydrogen-bond donors (Lipinski definition) is 2. The number of amides is 4. The zero-order valence-corrected chi connectivity index (χ0v) is 19.9. The van der Waals surface area contributed by atoms with Crippen molar-refractivity contribution in [3.05, 3.63) is 53.6 Å². The summed E-state index contributed by atoms with van der Waals surface area (Å²) in [6.45, 7) is 3.42. The van der Waals surface area contributed by atoms with Gasteiger partial charge in [-0.15, -0.1) is 0 Å². The highest BCUT2D eigenvalue weighted by Gasteiger charge is 2.40. The van der Waals surface area contributed by atoms with Crippen LogP contribution in [0, 0.1) is 0 Å². The molecule has 180 valence electrons. The molecule has 2 atom stereocenters. The predicted octanol–water partition coefficient (Wildman–Crippen LogP) is 4.51. The Labute approximate surface area is 204 Å². The molecule has 0 unspecified atom stereocenters. The second-order valence-electron chi connectivity index (χ2n) is 8.46. The third-order valence-electron chi connectivity index (χ3n) is 6.09. The van der Waals surface area contributed by atoms with Crippen LogP contribution in [0.15, 0.2) is 48.5 Å². The van der Waals surface area contributed by atoms with Crippen LogP contribution in [-0.4, -0.2) is 54.6 Å². The summed E-state index contributed by atoms with van der Waals surface area (Å²) in [6, 6.07) is 13.0. The van der Waals surface area contributed by atoms with Gasteiger partial charge in [-0.2, -0.15) is 0 Å². The van der Waals surface area contributed by atoms with E-state index in [1.807, 2.05) is 19.1 Å². The van der Waals surface area contributed by atoms with Gasteiger partial charge in [-0.3, -0.25) is 9.59 Å². The molecule has 9 heteroatoms. The minimum absolute atomic E-state index is 0.123. The highest BCUT2D eigenvalue weighted by molar-refractivity contribution is 6.30. The lowest BCUT2D eigenvalue weighted by molar-refractivity contribution is -0.120. The first-order valence-electron chi connectivity index (χ1n) is 11.6. The molecule has 34 heavy (non-hydrogen) atoms. The lowest BCUT2D eigenvalue weighted by Crippen LogP contribution is -2.45. The lowest BCUT2D eigenvalue weighted by Gasteiger charge is -2.27. The van der Waals surface area contributed by atoms with Gasteiger partial charge in [0.25, 0.3) is 0 Å². The van der Waals surface area contributed by atoms with Crippen LogP contribution in [-0.2, 0) is 14.3 Å². The summed E-state index contributed by atoms with van der Waals surface area (Å²) < 4.78 is 5.72. The number of anilines is 3. The van der Waals surface area contributed by atoms with Crippen LogP contribution >= 0.6 is 11.6 Å². The predicted molar refractivity (Wildman–Crippen MR) is 132 cm³/mol. The fourth-order valence-corrected chi connectivity index (χ4v) is 4.51. The van der Waals surface area contributed by atoms with Crippen LogP contribution in [0.25, 0.3) is 0 Å². The first-order valence-corrected chi connectivity index (χ1v) is 12.0. The lowest BCUT2D eigenvalue weighted by atomic mass is 10.1. The number of likely N-dealkylation sites (tertiary alicyclic amines) is 1. The van der Waals surface area contributed by atoms with E-state index in [0.29, 0.717) is 48.9 Å². The number of nitrogens with one attached hydrogen (secondary N) is 2. The van der Waals surface area contributed by atoms with Gasteiger partial charge in [0.15, 0.2) is 0 Å². The highest BCUT2D eigenvalue weighted by atomic mass is 35.5. The maximum Gasteiger partial charge on any atom is 0.322 e. The van der Waals surface area contributed by atoms with Crippen molar-refractivity contribution in [2.24, 2.45) is 0 Å². The summed E-state index contributed by atoms with van der Waals surface area (Å²) in [6.07, 6.45) is 2.67. The summed E-state index contributed by atoms with van der Waals surface area (Å²) in [5.41, 5.74) is 2.02. The molecule has 0 bridgehead atoms. The largest absolute Gasteiger partial charge is 0.377 e. The number of carbonyl (C=O) groups excluding carboxylic acids is 3. The fourth-order valence-electron chi connectivity index (χ4n) is 4.38. The van der Waals surface area contributed by atoms with Gasteiger partial charge in [-0.25, -0.2) is 4.79 Å². The molecule has 8 nitrogen and oxygen atoms in total. The van der Waals surface area contributed by atoms with Gasteiger partial charge in [0.1, 0.15) is 6.04 Å². The summed E-state index contributed by atoms with van der Waals surface area (Å²) in [5.74, 6) is -0.159. The van der Waals surface area contributed by atoms with Crippen molar-refractivity contribution in [3.8, 4) is 0 Å². The molecule has 0 aliphatic carbocycles. The number of piperidine rings is 1. The Kier molecular flexibility index (Phi) is 7.70. The number of carbonyl (C=O) groups is 3. The van der Waals surface area contributed by atoms with Crippen molar-refractivity contribution in [1.29, 1.82) is 0 Å². The van der Waals surface area contributed by atoms with E-state index in [2.05, 4.69) is 10.6 Å². The number of benzene rings is 2. The third kappa shape index (κ3) is 5.69. The standard InChI is InChI=1S/C25H29ClN4O4/c1-2-34-21-15-22(30(16-21)25(33)28-19-8-6-17(26)7-9-19)24(32)27-18-10-12-20(13-11-18)29-14-4-3-5-23(29)31/h6-13,21-22H,2-5,14-16H2,1H3,(H,27,32)(H,28,33)/t21-,22-/m0/s1. The molecule has 0 aromatic heterocycles. The molecular formula is C25H29ClN4O4. The molecule has 2 aromatic carbocycles. The average Bonchev–Trinajstić information content (AvgIpc) is 3.26. The molecule has 0 saturated carbocycles. The van der Waals surface area contributed by atoms with Crippen molar-refractivity contribution in [1.82, 2.24) is 4.90 Å². The van der Waals surface area contributed by atoms with E-state index >= 15 is 0 Å². The average molecular weight is 485 g/mol. The van der Waals surface area contributed by atoms with Gasteiger partial charge in [-0.1, -0.05) is 11.6 Å². The molecule has 2 heterocycles. The van der Waals surface area contributed by atoms with Crippen molar-refractivity contribution in [2.45, 2.75) is 44.8 Å². The fraction of sp³-hybridized carbons (Fsp3) is 0.400. The molecule has 2 saturated heterocycles. The van der Waals surface area contributed by atoms with Gasteiger partial charge < -0.3 is 25.2 Å². The maximum absolute atomic E-state index is 13.1. The highest BCUT2D eigenvalue weighted by Crippen LogP contribution is 2.26. The van der Waals surface area contributed by atoms with E-state index in [-0.39, 0.29) is 23.9 Å². The number of ether oxygens (including phenoxy) is 1. The Morgan fingerprint density at radius 3 is 2.38 bits per heavy atom. The molecule has 2 aliphatic heterocycles. The Morgan fingerprint density at radius 1 is 1.03 bits per heavy atom. The van der Waals surface area contributed by atoms with Gasteiger partial charge in [0.05, 0.1) is 6.10 Å². The Hall–Kier alpha value is -3.10. The summed E-state index contributed by atoms with van der Waals surface area (Å²) >= 11 is 5.92. The zero-order chi connectivity index (χ0) is 24.1. The first-order chi connectivity index (χ1) is 16.4. The van der Waals surface area contributed by atoms with Crippen molar-refractivity contribution >= 4 is 46.5 Å². The van der Waals surface area contributed by atoms with Gasteiger partial charge >= 0.3 is 6.03 Å². The normalized spacial score (nSPS) is 20.4. The number of nitrogens with zero attached hydrogens (tertiary/aromatic N) is 2. The van der Waals surface area contributed by atoms with Crippen LogP contribution in [0.4, 0.5) is 21.9 Å². The quantitative estimate of drug-likeness (QED) is 0.631. The van der Waals surface area contributed by atoms with Crippen molar-refractivity contribution in [3.63, 3.8) is 0 Å². The van der Waals surface area contributed by atoms with E-state index in [1.165, 1.54) is 4.90 Å². The van der Waals surface area contributed by atoms with Gasteiger partial charge in [0.2, 0.25) is 11.8 Å². The molecule has 2 aromatic rings. The summed E-state index contributed by atoms with van der Waals surface area (Å²) in [4.78, 5) is 41.6.